The molecule has 8 heteroatoms. The molecule has 0 saturated carbocycles. The van der Waals surface area contributed by atoms with Gasteiger partial charge in [-0.25, -0.2) is 4.68 Å². The largest absolute Gasteiger partial charge is 0.495 e. The topological polar surface area (TPSA) is 89.3 Å². The van der Waals surface area contributed by atoms with Crippen molar-refractivity contribution < 1.29 is 14.3 Å². The summed E-state index contributed by atoms with van der Waals surface area (Å²) in [6, 6.07) is 7.11. The van der Waals surface area contributed by atoms with E-state index in [0.717, 1.165) is 11.4 Å². The van der Waals surface area contributed by atoms with E-state index in [2.05, 4.69) is 15.6 Å². The van der Waals surface area contributed by atoms with Gasteiger partial charge in [-0.15, -0.1) is 5.10 Å². The number of nitrogens with zero attached hydrogens (tertiary/aromatic N) is 4. The quantitative estimate of drug-likeness (QED) is 0.842. The molecule has 2 aromatic rings. The van der Waals surface area contributed by atoms with E-state index in [1.54, 1.807) is 18.2 Å². The average Bonchev–Trinajstić information content (AvgIpc) is 3.21. The highest BCUT2D eigenvalue weighted by Gasteiger charge is 2.33. The Morgan fingerprint density at radius 3 is 2.85 bits per heavy atom. The molecule has 1 saturated heterocycles. The van der Waals surface area contributed by atoms with Crippen LogP contribution >= 0.6 is 0 Å². The molecule has 138 valence electrons. The Morgan fingerprint density at radius 1 is 1.38 bits per heavy atom. The molecular weight excluding hydrogens is 334 g/mol. The molecule has 26 heavy (non-hydrogen) atoms. The minimum Gasteiger partial charge on any atom is -0.495 e. The maximum Gasteiger partial charge on any atom is 0.242 e. The van der Waals surface area contributed by atoms with Crippen molar-refractivity contribution in [2.24, 2.45) is 0 Å². The van der Waals surface area contributed by atoms with Crippen LogP contribution in [0, 0.1) is 0 Å². The molecule has 1 aliphatic rings. The minimum absolute atomic E-state index is 0.0392. The lowest BCUT2D eigenvalue weighted by Gasteiger charge is -2.19. The Kier molecular flexibility index (Phi) is 5.20. The van der Waals surface area contributed by atoms with E-state index < -0.39 is 0 Å². The minimum atomic E-state index is -0.243. The van der Waals surface area contributed by atoms with Gasteiger partial charge in [-0.1, -0.05) is 31.2 Å². The van der Waals surface area contributed by atoms with E-state index in [1.807, 2.05) is 38.1 Å². The number of carbonyl (C=O) groups is 2. The Bertz CT molecular complexity index is 802. The zero-order valence-corrected chi connectivity index (χ0v) is 15.2. The Labute approximate surface area is 152 Å². The van der Waals surface area contributed by atoms with Crippen molar-refractivity contribution in [2.75, 3.05) is 18.6 Å². The number of nitrogens with one attached hydrogen (secondary N) is 1. The Hall–Kier alpha value is -2.90. The third kappa shape index (κ3) is 3.84. The van der Waals surface area contributed by atoms with Gasteiger partial charge in [0.05, 0.1) is 24.5 Å². The number of hydrogen-bond acceptors (Lipinski definition) is 5. The number of carbonyl (C=O) groups excluding carboxylic acids is 2. The van der Waals surface area contributed by atoms with Gasteiger partial charge in [0.2, 0.25) is 11.8 Å². The van der Waals surface area contributed by atoms with Crippen LogP contribution in [0.1, 0.15) is 31.9 Å². The lowest BCUT2D eigenvalue weighted by atomic mass is 10.2. The summed E-state index contributed by atoms with van der Waals surface area (Å²) in [6.07, 6.45) is 2.03. The van der Waals surface area contributed by atoms with E-state index >= 15 is 0 Å². The number of benzene rings is 1. The molecule has 3 rings (SSSR count). The van der Waals surface area contributed by atoms with Crippen LogP contribution in [0.5, 0.6) is 5.75 Å². The van der Waals surface area contributed by atoms with Gasteiger partial charge in [0.1, 0.15) is 12.3 Å². The average molecular weight is 357 g/mol. The summed E-state index contributed by atoms with van der Waals surface area (Å²) < 4.78 is 6.84. The van der Waals surface area contributed by atoms with Gasteiger partial charge in [-0.2, -0.15) is 0 Å². The summed E-state index contributed by atoms with van der Waals surface area (Å²) in [5.41, 5.74) is 1.56. The maximum absolute atomic E-state index is 12.4. The predicted octanol–water partition coefficient (Wildman–Crippen LogP) is 1.33. The highest BCUT2D eigenvalue weighted by molar-refractivity contribution is 5.98. The molecule has 1 N–H and O–H groups in total. The summed E-state index contributed by atoms with van der Waals surface area (Å²) in [5.74, 6) is 0.665. The molecule has 0 spiro atoms. The molecule has 1 aliphatic heterocycles. The zero-order valence-electron chi connectivity index (χ0n) is 15.2. The monoisotopic (exact) mass is 357 g/mol. The van der Waals surface area contributed by atoms with Gasteiger partial charge >= 0.3 is 0 Å². The molecule has 1 aromatic carbocycles. The van der Waals surface area contributed by atoms with Gasteiger partial charge < -0.3 is 15.0 Å². The van der Waals surface area contributed by atoms with Gasteiger partial charge in [-0.3, -0.25) is 9.59 Å². The smallest absolute Gasteiger partial charge is 0.242 e. The third-order valence-electron chi connectivity index (χ3n) is 4.32. The molecule has 1 fully saturated rings. The van der Waals surface area contributed by atoms with E-state index in [1.165, 1.54) is 4.68 Å². The normalized spacial score (nSPS) is 17.0. The fourth-order valence-electron chi connectivity index (χ4n) is 2.97. The summed E-state index contributed by atoms with van der Waals surface area (Å²) in [5, 5.41) is 10.9. The second-order valence-corrected chi connectivity index (χ2v) is 6.64. The lowest BCUT2D eigenvalue weighted by Crippen LogP contribution is -2.39. The first-order valence-corrected chi connectivity index (χ1v) is 8.60. The van der Waals surface area contributed by atoms with Gasteiger partial charge in [-0.05, 0) is 18.1 Å². The molecule has 2 heterocycles. The van der Waals surface area contributed by atoms with Crippen molar-refractivity contribution in [2.45, 2.75) is 38.8 Å². The standard InChI is InChI=1S/C18H23N5O3/c1-12(2)14-10-22(21-20-14)11-17(24)19-13-8-18(25)23(9-13)15-6-4-5-7-16(15)26-3/h4-7,10,12-13H,8-9,11H2,1-3H3,(H,19,24)/t13-/m1/s1. The molecule has 8 nitrogen and oxygen atoms in total. The van der Waals surface area contributed by atoms with Crippen molar-refractivity contribution >= 4 is 17.5 Å². The number of methoxy groups -OCH3 is 1. The number of anilines is 1. The second kappa shape index (κ2) is 7.55. The summed E-state index contributed by atoms with van der Waals surface area (Å²) in [6.45, 7) is 4.54. The van der Waals surface area contributed by atoms with Gasteiger partial charge in [0, 0.05) is 19.2 Å². The molecule has 1 atom stereocenters. The molecule has 0 bridgehead atoms. The first-order chi connectivity index (χ1) is 12.5. The van der Waals surface area contributed by atoms with Crippen molar-refractivity contribution in [1.29, 1.82) is 0 Å². The highest BCUT2D eigenvalue weighted by atomic mass is 16.5. The summed E-state index contributed by atoms with van der Waals surface area (Å²) in [4.78, 5) is 26.3. The SMILES string of the molecule is COc1ccccc1N1C[C@H](NC(=O)Cn2cc(C(C)C)nn2)CC1=O. The van der Waals surface area contributed by atoms with Crippen LogP contribution in [0.2, 0.25) is 0 Å². The first-order valence-electron chi connectivity index (χ1n) is 8.60. The molecule has 0 aliphatic carbocycles. The third-order valence-corrected chi connectivity index (χ3v) is 4.32. The number of ether oxygens (including phenoxy) is 1. The number of aromatic nitrogens is 3. The molecule has 0 unspecified atom stereocenters. The number of para-hydroxylation sites is 2. The Balaban J connectivity index is 1.61. The Morgan fingerprint density at radius 2 is 2.15 bits per heavy atom. The van der Waals surface area contributed by atoms with Crippen LogP contribution in [0.25, 0.3) is 0 Å². The van der Waals surface area contributed by atoms with Crippen LogP contribution < -0.4 is 15.0 Å². The summed E-state index contributed by atoms with van der Waals surface area (Å²) >= 11 is 0. The van der Waals surface area contributed by atoms with Crippen molar-refractivity contribution in [3.05, 3.63) is 36.2 Å². The highest BCUT2D eigenvalue weighted by Crippen LogP contribution is 2.30. The first kappa shape index (κ1) is 17.9. The van der Waals surface area contributed by atoms with Crippen LogP contribution in [0.3, 0.4) is 0 Å². The number of amides is 2. The van der Waals surface area contributed by atoms with Crippen molar-refractivity contribution in [3.8, 4) is 5.75 Å². The summed E-state index contributed by atoms with van der Waals surface area (Å²) in [7, 11) is 1.57. The van der Waals surface area contributed by atoms with Crippen LogP contribution in [0.4, 0.5) is 5.69 Å². The maximum atomic E-state index is 12.4. The van der Waals surface area contributed by atoms with Gasteiger partial charge in [0.25, 0.3) is 0 Å². The zero-order chi connectivity index (χ0) is 18.7. The van der Waals surface area contributed by atoms with Gasteiger partial charge in [0.15, 0.2) is 0 Å². The second-order valence-electron chi connectivity index (χ2n) is 6.64. The van der Waals surface area contributed by atoms with Crippen LogP contribution in [0.15, 0.2) is 30.5 Å². The van der Waals surface area contributed by atoms with E-state index in [0.29, 0.717) is 12.3 Å². The predicted molar refractivity (Wildman–Crippen MR) is 96.0 cm³/mol. The fraction of sp³-hybridized carbons (Fsp3) is 0.444. The molecule has 2 amide bonds. The van der Waals surface area contributed by atoms with E-state index in [-0.39, 0.29) is 36.7 Å². The lowest BCUT2D eigenvalue weighted by molar-refractivity contribution is -0.122. The van der Waals surface area contributed by atoms with Crippen molar-refractivity contribution in [1.82, 2.24) is 20.3 Å². The van der Waals surface area contributed by atoms with E-state index in [9.17, 15) is 9.59 Å². The molecule has 1 aromatic heterocycles. The number of rotatable bonds is 6. The molecule has 0 radical (unpaired) electrons. The van der Waals surface area contributed by atoms with Crippen LogP contribution in [-0.2, 0) is 16.1 Å². The van der Waals surface area contributed by atoms with E-state index in [4.69, 9.17) is 4.74 Å². The fourth-order valence-corrected chi connectivity index (χ4v) is 2.97. The van der Waals surface area contributed by atoms with Crippen molar-refractivity contribution in [3.63, 3.8) is 0 Å². The van der Waals surface area contributed by atoms with Crippen LogP contribution in [-0.4, -0.2) is 46.5 Å². The molecular formula is C18H23N5O3. The number of hydrogen-bond donors (Lipinski definition) is 1.